The van der Waals surface area contributed by atoms with E-state index in [1.807, 2.05) is 0 Å². The minimum absolute atomic E-state index is 0. The quantitative estimate of drug-likeness (QED) is 0.360. The highest BCUT2D eigenvalue weighted by molar-refractivity contribution is 5.52. The molecule has 2 heteroatoms. The van der Waals surface area contributed by atoms with Crippen LogP contribution in [-0.4, -0.2) is 10.2 Å². The summed E-state index contributed by atoms with van der Waals surface area (Å²) in [5, 5.41) is 21.5. The van der Waals surface area contributed by atoms with Crippen LogP contribution >= 0.6 is 0 Å². The van der Waals surface area contributed by atoms with Crippen LogP contribution in [0.1, 0.15) is 177 Å². The van der Waals surface area contributed by atoms with Crippen LogP contribution in [0.4, 0.5) is 0 Å². The Morgan fingerprint density at radius 3 is 1.05 bits per heavy atom. The van der Waals surface area contributed by atoms with Crippen LogP contribution in [0.15, 0.2) is 24.3 Å². The molecule has 0 aromatic heterocycles. The molecule has 0 aliphatic heterocycles. The Morgan fingerprint density at radius 2 is 0.780 bits per heavy atom. The Balaban J connectivity index is 0.000000415. The molecular formula is C39H66O2. The normalized spacial score (nSPS) is 19.0. The third-order valence-corrected chi connectivity index (χ3v) is 8.83. The van der Waals surface area contributed by atoms with Gasteiger partial charge >= 0.3 is 0 Å². The minimum Gasteiger partial charge on any atom is -0.507 e. The SMILES string of the molecule is CC(C)(C)c1cc(C(C)(C)C)c(O)c(C(C)(C)C)c1.CC1CCC(c2cc(C(C)(C)C)c(O)c(C(C)(C)C)c2)CC1.[HH]. The van der Waals surface area contributed by atoms with Crippen molar-refractivity contribution in [3.8, 4) is 11.5 Å². The van der Waals surface area contributed by atoms with Crippen LogP contribution in [0.25, 0.3) is 0 Å². The molecule has 0 saturated heterocycles. The van der Waals surface area contributed by atoms with Crippen LogP contribution in [0, 0.1) is 5.92 Å². The van der Waals surface area contributed by atoms with Crippen molar-refractivity contribution in [2.45, 2.75) is 169 Å². The summed E-state index contributed by atoms with van der Waals surface area (Å²) in [7, 11) is 0. The predicted octanol–water partition coefficient (Wildman–Crippen LogP) is 11.8. The second-order valence-electron chi connectivity index (χ2n) is 18.1. The number of phenolic OH excluding ortho intramolecular Hbond substituents is 2. The van der Waals surface area contributed by atoms with Gasteiger partial charge in [0, 0.05) is 1.43 Å². The van der Waals surface area contributed by atoms with Gasteiger partial charge in [-0.15, -0.1) is 0 Å². The molecular weight excluding hydrogens is 500 g/mol. The number of hydrogen-bond acceptors (Lipinski definition) is 2. The molecule has 2 nitrogen and oxygen atoms in total. The van der Waals surface area contributed by atoms with E-state index in [1.54, 1.807) is 0 Å². The van der Waals surface area contributed by atoms with Gasteiger partial charge in [-0.25, -0.2) is 0 Å². The Hall–Kier alpha value is -1.96. The Bertz CT molecular complexity index is 1110. The molecule has 2 aromatic carbocycles. The molecule has 1 aliphatic rings. The first-order valence-electron chi connectivity index (χ1n) is 16.0. The molecule has 1 aliphatic carbocycles. The largest absolute Gasteiger partial charge is 0.507 e. The standard InChI is InChI=1S/C21H34O.C18H30O.H2/c1-14-8-10-15(11-9-14)16-12-17(20(2,3)4)19(22)18(13-16)21(5,6)7;1-16(2,3)12-10-13(17(4,5)6)15(19)14(11-12)18(7,8)9;/h12-15,22H,8-11H2,1-7H3;10-11,19H,1-9H3;1H. The van der Waals surface area contributed by atoms with Crippen LogP contribution < -0.4 is 0 Å². The van der Waals surface area contributed by atoms with E-state index < -0.39 is 0 Å². The maximum absolute atomic E-state index is 10.8. The number of aromatic hydroxyl groups is 2. The summed E-state index contributed by atoms with van der Waals surface area (Å²) >= 11 is 0. The van der Waals surface area contributed by atoms with Crippen molar-refractivity contribution in [1.29, 1.82) is 0 Å². The molecule has 0 amide bonds. The maximum Gasteiger partial charge on any atom is 0.123 e. The van der Waals surface area contributed by atoms with Gasteiger partial charge in [-0.2, -0.15) is 0 Å². The van der Waals surface area contributed by atoms with Crippen LogP contribution in [0.2, 0.25) is 0 Å². The maximum atomic E-state index is 10.8. The van der Waals surface area contributed by atoms with Crippen LogP contribution in [0.3, 0.4) is 0 Å². The number of rotatable bonds is 1. The second kappa shape index (κ2) is 12.0. The van der Waals surface area contributed by atoms with Crippen molar-refractivity contribution >= 4 is 0 Å². The van der Waals surface area contributed by atoms with Gasteiger partial charge in [-0.05, 0) is 85.1 Å². The molecule has 2 N–H and O–H groups in total. The number of benzene rings is 2. The van der Waals surface area contributed by atoms with Crippen molar-refractivity contribution in [1.82, 2.24) is 0 Å². The monoisotopic (exact) mass is 567 g/mol. The van der Waals surface area contributed by atoms with Gasteiger partial charge in [0.05, 0.1) is 0 Å². The zero-order chi connectivity index (χ0) is 31.9. The highest BCUT2D eigenvalue weighted by Gasteiger charge is 2.30. The number of hydrogen-bond donors (Lipinski definition) is 2. The van der Waals surface area contributed by atoms with Gasteiger partial charge in [0.2, 0.25) is 0 Å². The molecule has 0 unspecified atom stereocenters. The lowest BCUT2D eigenvalue weighted by Crippen LogP contribution is -2.21. The third kappa shape index (κ3) is 9.01. The molecule has 0 radical (unpaired) electrons. The fraction of sp³-hybridized carbons (Fsp3) is 0.692. The predicted molar refractivity (Wildman–Crippen MR) is 182 cm³/mol. The lowest BCUT2D eigenvalue weighted by Gasteiger charge is -2.32. The van der Waals surface area contributed by atoms with E-state index in [9.17, 15) is 10.2 Å². The average molecular weight is 567 g/mol. The Kier molecular flexibility index (Phi) is 10.3. The second-order valence-corrected chi connectivity index (χ2v) is 18.1. The van der Waals surface area contributed by atoms with E-state index in [4.69, 9.17) is 0 Å². The van der Waals surface area contributed by atoms with Crippen LogP contribution in [-0.2, 0) is 27.1 Å². The smallest absolute Gasteiger partial charge is 0.123 e. The van der Waals surface area contributed by atoms with Crippen LogP contribution in [0.5, 0.6) is 11.5 Å². The van der Waals surface area contributed by atoms with Crippen molar-refractivity contribution in [3.63, 3.8) is 0 Å². The number of phenols is 2. The van der Waals surface area contributed by atoms with E-state index in [2.05, 4.69) is 135 Å². The minimum atomic E-state index is -0.0503. The van der Waals surface area contributed by atoms with Gasteiger partial charge in [-0.3, -0.25) is 0 Å². The van der Waals surface area contributed by atoms with Crippen molar-refractivity contribution in [2.75, 3.05) is 0 Å². The van der Waals surface area contributed by atoms with E-state index in [-0.39, 0.29) is 28.5 Å². The van der Waals surface area contributed by atoms with Crippen molar-refractivity contribution in [2.24, 2.45) is 5.92 Å². The Labute approximate surface area is 255 Å². The summed E-state index contributed by atoms with van der Waals surface area (Å²) in [5.41, 5.74) is 6.98. The van der Waals surface area contributed by atoms with Gasteiger partial charge in [-0.1, -0.05) is 148 Å². The zero-order valence-electron chi connectivity index (χ0n) is 29.7. The lowest BCUT2D eigenvalue weighted by atomic mass is 9.74. The molecule has 1 fully saturated rings. The topological polar surface area (TPSA) is 40.5 Å². The molecule has 3 rings (SSSR count). The van der Waals surface area contributed by atoms with Gasteiger partial charge in [0.1, 0.15) is 11.5 Å². The molecule has 0 bridgehead atoms. The zero-order valence-corrected chi connectivity index (χ0v) is 29.7. The summed E-state index contributed by atoms with van der Waals surface area (Å²) in [6, 6.07) is 8.91. The van der Waals surface area contributed by atoms with E-state index in [0.717, 1.165) is 28.2 Å². The summed E-state index contributed by atoms with van der Waals surface area (Å²) in [5.74, 6) is 2.51. The fourth-order valence-electron chi connectivity index (χ4n) is 5.84. The molecule has 0 spiro atoms. The molecule has 2 aromatic rings. The van der Waals surface area contributed by atoms with Crippen molar-refractivity contribution in [3.05, 3.63) is 57.6 Å². The summed E-state index contributed by atoms with van der Waals surface area (Å²) < 4.78 is 0. The molecule has 0 heterocycles. The van der Waals surface area contributed by atoms with E-state index in [1.165, 1.54) is 36.8 Å². The average Bonchev–Trinajstić information content (AvgIpc) is 2.76. The Morgan fingerprint density at radius 1 is 0.488 bits per heavy atom. The van der Waals surface area contributed by atoms with Gasteiger partial charge < -0.3 is 10.2 Å². The summed E-state index contributed by atoms with van der Waals surface area (Å²) in [6.45, 7) is 35.1. The highest BCUT2D eigenvalue weighted by atomic mass is 16.3. The summed E-state index contributed by atoms with van der Waals surface area (Å²) in [6.07, 6.45) is 5.25. The first-order chi connectivity index (χ1) is 18.2. The molecule has 0 atom stereocenters. The lowest BCUT2D eigenvalue weighted by molar-refractivity contribution is 0.346. The van der Waals surface area contributed by atoms with Crippen molar-refractivity contribution < 1.29 is 11.6 Å². The molecule has 1 saturated carbocycles. The fourth-order valence-corrected chi connectivity index (χ4v) is 5.84. The van der Waals surface area contributed by atoms with E-state index in [0.29, 0.717) is 17.4 Å². The molecule has 41 heavy (non-hydrogen) atoms. The van der Waals surface area contributed by atoms with Gasteiger partial charge in [0.25, 0.3) is 0 Å². The highest BCUT2D eigenvalue weighted by Crippen LogP contribution is 2.44. The molecule has 234 valence electrons. The van der Waals surface area contributed by atoms with Gasteiger partial charge in [0.15, 0.2) is 0 Å². The first kappa shape index (κ1) is 35.2. The first-order valence-corrected chi connectivity index (χ1v) is 16.0. The summed E-state index contributed by atoms with van der Waals surface area (Å²) in [4.78, 5) is 0. The third-order valence-electron chi connectivity index (χ3n) is 8.83. The van der Waals surface area contributed by atoms with E-state index >= 15 is 0 Å².